The third-order valence-electron chi connectivity index (χ3n) is 6.78. The average molecular weight is 590 g/mol. The number of hydrogen-bond acceptors (Lipinski definition) is 6. The third-order valence-corrected chi connectivity index (χ3v) is 6.78. The van der Waals surface area contributed by atoms with Gasteiger partial charge in [-0.05, 0) is 70.5 Å². The van der Waals surface area contributed by atoms with Crippen molar-refractivity contribution in [3.05, 3.63) is 71.2 Å². The number of nitrogens with zero attached hydrogens (tertiary/aromatic N) is 2. The largest absolute Gasteiger partial charge is 0.481 e. The van der Waals surface area contributed by atoms with Gasteiger partial charge in [-0.1, -0.05) is 24.3 Å². The van der Waals surface area contributed by atoms with Crippen molar-refractivity contribution >= 4 is 11.8 Å². The maximum absolute atomic E-state index is 13.2. The molecule has 228 valence electrons. The van der Waals surface area contributed by atoms with E-state index >= 15 is 0 Å². The van der Waals surface area contributed by atoms with Crippen LogP contribution < -0.4 is 21.1 Å². The number of primary amides is 1. The minimum atomic E-state index is -4.58. The number of nitrogens with two attached hydrogens (primary N) is 1. The molecule has 0 saturated heterocycles. The number of likely N-dealkylation sites (N-methyl/N-ethyl adjacent to an activating group) is 1. The van der Waals surface area contributed by atoms with Crippen LogP contribution in [0, 0.1) is 0 Å². The molecular weight excluding hydrogens is 551 g/mol. The highest BCUT2D eigenvalue weighted by molar-refractivity contribution is 5.94. The lowest BCUT2D eigenvalue weighted by Gasteiger charge is -2.23. The molecule has 1 heterocycles. The summed E-state index contributed by atoms with van der Waals surface area (Å²) in [6, 6.07) is 11.5. The van der Waals surface area contributed by atoms with Crippen LogP contribution in [0.25, 0.3) is 11.3 Å². The van der Waals surface area contributed by atoms with Gasteiger partial charge in [0, 0.05) is 36.3 Å². The lowest BCUT2D eigenvalue weighted by Crippen LogP contribution is -2.36. The van der Waals surface area contributed by atoms with Gasteiger partial charge >= 0.3 is 6.18 Å². The van der Waals surface area contributed by atoms with E-state index in [4.69, 9.17) is 10.5 Å². The number of rotatable bonds is 13. The molecule has 0 saturated carbocycles. The molecule has 0 aliphatic rings. The van der Waals surface area contributed by atoms with Crippen LogP contribution in [0.5, 0.6) is 5.75 Å². The van der Waals surface area contributed by atoms with Crippen LogP contribution in [0.2, 0.25) is 0 Å². The maximum atomic E-state index is 13.2. The number of nitrogens with one attached hydrogen (secondary N) is 2. The number of aliphatic hydroxyl groups is 1. The van der Waals surface area contributed by atoms with Crippen molar-refractivity contribution in [1.82, 2.24) is 20.2 Å². The van der Waals surface area contributed by atoms with E-state index in [2.05, 4.69) is 15.6 Å². The second-order valence-electron chi connectivity index (χ2n) is 10.6. The van der Waals surface area contributed by atoms with E-state index in [1.54, 1.807) is 20.9 Å². The molecule has 0 aliphatic carbocycles. The van der Waals surface area contributed by atoms with Gasteiger partial charge in [0.05, 0.1) is 12.2 Å². The van der Waals surface area contributed by atoms with Gasteiger partial charge in [-0.15, -0.1) is 0 Å². The van der Waals surface area contributed by atoms with Gasteiger partial charge in [0.15, 0.2) is 6.10 Å². The van der Waals surface area contributed by atoms with Gasteiger partial charge in [-0.25, -0.2) is 4.98 Å². The van der Waals surface area contributed by atoms with Gasteiger partial charge in [0.25, 0.3) is 0 Å². The SMILES string of the molecule is CCn1cc(-c2ccc(C[C@H](CNC(=O)CNC)c3cc(O[C@H](C)C(F)(F)F)ccc3C(N)=O)cc2)nc1C(C)(C)O. The molecule has 0 bridgehead atoms. The Balaban J connectivity index is 1.96. The maximum Gasteiger partial charge on any atom is 0.425 e. The van der Waals surface area contributed by atoms with Crippen molar-refractivity contribution in [3.8, 4) is 17.0 Å². The molecule has 0 aliphatic heterocycles. The molecule has 0 fully saturated rings. The quantitative estimate of drug-likeness (QED) is 0.239. The molecule has 2 aromatic carbocycles. The number of carbonyl (C=O) groups excluding carboxylic acids is 2. The molecule has 1 aromatic heterocycles. The van der Waals surface area contributed by atoms with Crippen molar-refractivity contribution < 1.29 is 32.6 Å². The standard InChI is InChI=1S/C30H38F3N5O4/c1-6-38-17-25(37-28(38)29(3,4)41)20-9-7-19(8-10-20)13-21(15-36-26(39)16-35-5)24-14-22(11-12-23(24)27(34)40)42-18(2)30(31,32)33/h7-12,14,17-18,21,35,41H,6,13,15-16H2,1-5H3,(H2,34,40)(H,36,39)/t18-,21-/m1/s1. The van der Waals surface area contributed by atoms with Crippen LogP contribution in [-0.4, -0.2) is 58.9 Å². The summed E-state index contributed by atoms with van der Waals surface area (Å²) < 4.78 is 46.5. The summed E-state index contributed by atoms with van der Waals surface area (Å²) in [7, 11) is 1.63. The number of carbonyl (C=O) groups is 2. The summed E-state index contributed by atoms with van der Waals surface area (Å²) in [6.45, 7) is 7.00. The fraction of sp³-hybridized carbons (Fsp3) is 0.433. The highest BCUT2D eigenvalue weighted by atomic mass is 19.4. The number of aromatic nitrogens is 2. The van der Waals surface area contributed by atoms with Crippen LogP contribution in [-0.2, 0) is 23.4 Å². The van der Waals surface area contributed by atoms with E-state index in [9.17, 15) is 27.9 Å². The molecule has 3 rings (SSSR count). The van der Waals surface area contributed by atoms with Crippen molar-refractivity contribution in [2.45, 2.75) is 64.5 Å². The highest BCUT2D eigenvalue weighted by Crippen LogP contribution is 2.32. The minimum Gasteiger partial charge on any atom is -0.481 e. The number of amides is 2. The first-order chi connectivity index (χ1) is 19.6. The summed E-state index contributed by atoms with van der Waals surface area (Å²) in [4.78, 5) is 29.2. The zero-order chi connectivity index (χ0) is 31.2. The monoisotopic (exact) mass is 589 g/mol. The first kappa shape index (κ1) is 32.6. The fourth-order valence-electron chi connectivity index (χ4n) is 4.58. The van der Waals surface area contributed by atoms with Crippen molar-refractivity contribution in [1.29, 1.82) is 0 Å². The lowest BCUT2D eigenvalue weighted by atomic mass is 9.87. The number of halogens is 3. The molecule has 0 radical (unpaired) electrons. The van der Waals surface area contributed by atoms with E-state index < -0.39 is 29.7 Å². The molecule has 42 heavy (non-hydrogen) atoms. The van der Waals surface area contributed by atoms with Crippen molar-refractivity contribution in [3.63, 3.8) is 0 Å². The Morgan fingerprint density at radius 3 is 2.33 bits per heavy atom. The van der Waals surface area contributed by atoms with Gasteiger partial charge in [0.1, 0.15) is 17.2 Å². The lowest BCUT2D eigenvalue weighted by molar-refractivity contribution is -0.189. The number of alkyl halides is 3. The number of imidazole rings is 1. The fourth-order valence-corrected chi connectivity index (χ4v) is 4.58. The van der Waals surface area contributed by atoms with Crippen molar-refractivity contribution in [2.24, 2.45) is 5.73 Å². The molecule has 0 unspecified atom stereocenters. The van der Waals surface area contributed by atoms with E-state index in [0.29, 0.717) is 30.0 Å². The second-order valence-corrected chi connectivity index (χ2v) is 10.6. The van der Waals surface area contributed by atoms with E-state index in [0.717, 1.165) is 18.1 Å². The van der Waals surface area contributed by atoms with E-state index in [-0.39, 0.29) is 30.3 Å². The number of ether oxygens (including phenoxy) is 1. The Kier molecular flexibility index (Phi) is 10.4. The summed E-state index contributed by atoms with van der Waals surface area (Å²) in [5, 5.41) is 16.1. The molecule has 2 amide bonds. The first-order valence-corrected chi connectivity index (χ1v) is 13.6. The molecule has 12 heteroatoms. The summed E-state index contributed by atoms with van der Waals surface area (Å²) in [6.07, 6.45) is -4.45. The Labute approximate surface area is 243 Å². The molecule has 9 nitrogen and oxygen atoms in total. The topological polar surface area (TPSA) is 132 Å². The average Bonchev–Trinajstić information content (AvgIpc) is 3.36. The van der Waals surface area contributed by atoms with Crippen LogP contribution in [0.1, 0.15) is 60.9 Å². The van der Waals surface area contributed by atoms with Crippen LogP contribution in [0.15, 0.2) is 48.7 Å². The summed E-state index contributed by atoms with van der Waals surface area (Å²) in [5.74, 6) is -1.09. The zero-order valence-electron chi connectivity index (χ0n) is 24.4. The number of benzene rings is 2. The predicted octanol–water partition coefficient (Wildman–Crippen LogP) is 3.89. The molecular formula is C30H38F3N5O4. The van der Waals surface area contributed by atoms with Crippen molar-refractivity contribution in [2.75, 3.05) is 20.1 Å². The van der Waals surface area contributed by atoms with Crippen LogP contribution in [0.4, 0.5) is 13.2 Å². The molecule has 3 aromatic rings. The van der Waals surface area contributed by atoms with Gasteiger partial charge in [-0.2, -0.15) is 13.2 Å². The predicted molar refractivity (Wildman–Crippen MR) is 153 cm³/mol. The normalized spacial score (nSPS) is 13.5. The van der Waals surface area contributed by atoms with Gasteiger partial charge < -0.3 is 30.8 Å². The molecule has 2 atom stereocenters. The van der Waals surface area contributed by atoms with E-state index in [1.807, 2.05) is 42.0 Å². The van der Waals surface area contributed by atoms with Crippen LogP contribution in [0.3, 0.4) is 0 Å². The summed E-state index contributed by atoms with van der Waals surface area (Å²) in [5.41, 5.74) is 7.35. The van der Waals surface area contributed by atoms with E-state index in [1.165, 1.54) is 18.2 Å². The molecule has 5 N–H and O–H groups in total. The second kappa shape index (κ2) is 13.4. The van der Waals surface area contributed by atoms with Gasteiger partial charge in [-0.3, -0.25) is 9.59 Å². The zero-order valence-corrected chi connectivity index (χ0v) is 24.4. The Morgan fingerprint density at radius 2 is 1.81 bits per heavy atom. The minimum absolute atomic E-state index is 0.0629. The number of aryl methyl sites for hydroxylation is 1. The van der Waals surface area contributed by atoms with Crippen LogP contribution >= 0.6 is 0 Å². The Bertz CT molecular complexity index is 1380. The summed E-state index contributed by atoms with van der Waals surface area (Å²) >= 11 is 0. The number of hydrogen-bond donors (Lipinski definition) is 4. The molecule has 0 spiro atoms. The van der Waals surface area contributed by atoms with Gasteiger partial charge in [0.2, 0.25) is 11.8 Å². The Hall–Kier alpha value is -3.90. The highest BCUT2D eigenvalue weighted by Gasteiger charge is 2.38. The smallest absolute Gasteiger partial charge is 0.425 e. The Morgan fingerprint density at radius 1 is 1.14 bits per heavy atom. The third kappa shape index (κ3) is 8.32. The first-order valence-electron chi connectivity index (χ1n) is 13.6.